The molecule has 0 aromatic rings. The summed E-state index contributed by atoms with van der Waals surface area (Å²) in [4.78, 5) is 12.1. The lowest BCUT2D eigenvalue weighted by molar-refractivity contribution is -0.140. The van der Waals surface area contributed by atoms with Gasteiger partial charge in [-0.05, 0) is 110 Å². The summed E-state index contributed by atoms with van der Waals surface area (Å²) in [6.45, 7) is 11.2. The molecule has 4 saturated carbocycles. The maximum Gasteiger partial charge on any atom is 0.133 e. The first-order valence-electron chi connectivity index (χ1n) is 11.8. The fourth-order valence-corrected chi connectivity index (χ4v) is 9.11. The Kier molecular flexibility index (Phi) is 5.30. The first-order valence-corrected chi connectivity index (χ1v) is 14.5. The van der Waals surface area contributed by atoms with E-state index >= 15 is 0 Å². The molecule has 0 aliphatic heterocycles. The van der Waals surface area contributed by atoms with E-state index in [1.54, 1.807) is 0 Å². The summed E-state index contributed by atoms with van der Waals surface area (Å²) >= 11 is 0. The molecule has 0 spiro atoms. The Morgan fingerprint density at radius 1 is 1.00 bits per heavy atom. The Hall–Kier alpha value is -0.360. The minimum absolute atomic E-state index is 0.416. The quantitative estimate of drug-likeness (QED) is 0.475. The zero-order chi connectivity index (χ0) is 20.3. The van der Waals surface area contributed by atoms with Crippen LogP contribution in [0.2, 0.25) is 0 Å². The lowest BCUT2D eigenvalue weighted by Crippen LogP contribution is -2.53. The lowest BCUT2D eigenvalue weighted by atomic mass is 9.44. The average molecular weight is 405 g/mol. The van der Waals surface area contributed by atoms with Gasteiger partial charge < -0.3 is 4.57 Å². The van der Waals surface area contributed by atoms with Crippen LogP contribution < -0.4 is 0 Å². The summed E-state index contributed by atoms with van der Waals surface area (Å²) in [5.41, 5.74) is 0.864. The van der Waals surface area contributed by atoms with Crippen LogP contribution in [0.25, 0.3) is 0 Å². The van der Waals surface area contributed by atoms with Crippen LogP contribution in [0.5, 0.6) is 0 Å². The molecular formula is C25H41O2P. The molecule has 0 bridgehead atoms. The molecular weight excluding hydrogens is 363 g/mol. The highest BCUT2D eigenvalue weighted by Crippen LogP contribution is 2.68. The predicted octanol–water partition coefficient (Wildman–Crippen LogP) is 6.99. The van der Waals surface area contributed by atoms with Gasteiger partial charge in [-0.25, -0.2) is 0 Å². The largest absolute Gasteiger partial charge is 0.320 e. The van der Waals surface area contributed by atoms with E-state index in [9.17, 15) is 9.36 Å². The van der Waals surface area contributed by atoms with Crippen LogP contribution in [0.4, 0.5) is 0 Å². The van der Waals surface area contributed by atoms with E-state index in [-0.39, 0.29) is 0 Å². The summed E-state index contributed by atoms with van der Waals surface area (Å²) in [6.07, 6.45) is 13.2. The van der Waals surface area contributed by atoms with Crippen molar-refractivity contribution in [2.24, 2.45) is 46.3 Å². The van der Waals surface area contributed by atoms with Crippen LogP contribution in [-0.4, -0.2) is 19.1 Å². The van der Waals surface area contributed by atoms with Crippen LogP contribution in [0, 0.1) is 46.3 Å². The van der Waals surface area contributed by atoms with Gasteiger partial charge in [0.2, 0.25) is 0 Å². The summed E-state index contributed by atoms with van der Waals surface area (Å²) in [7, 11) is -2.08. The van der Waals surface area contributed by atoms with Crippen molar-refractivity contribution in [1.29, 1.82) is 0 Å². The molecule has 3 heteroatoms. The number of carbonyl (C=O) groups is 1. The Morgan fingerprint density at radius 2 is 1.71 bits per heavy atom. The number of Topliss-reactive ketones (excluding diaryl/α,β-unsaturated/α-hetero) is 1. The summed E-state index contributed by atoms with van der Waals surface area (Å²) < 4.78 is 12.2. The number of allylic oxidation sites excluding steroid dienone is 1. The second kappa shape index (κ2) is 7.11. The van der Waals surface area contributed by atoms with Crippen molar-refractivity contribution < 1.29 is 9.36 Å². The normalized spacial score (nSPS) is 47.5. The molecule has 4 aliphatic carbocycles. The number of rotatable bonds is 3. The molecule has 0 saturated heterocycles. The van der Waals surface area contributed by atoms with E-state index < -0.39 is 7.14 Å². The molecule has 158 valence electrons. The van der Waals surface area contributed by atoms with Gasteiger partial charge in [0, 0.05) is 12.8 Å². The van der Waals surface area contributed by atoms with E-state index in [0.717, 1.165) is 42.9 Å². The average Bonchev–Trinajstić information content (AvgIpc) is 2.97. The van der Waals surface area contributed by atoms with Crippen LogP contribution in [0.15, 0.2) is 11.9 Å². The van der Waals surface area contributed by atoms with E-state index in [1.165, 1.54) is 38.5 Å². The molecule has 0 aromatic carbocycles. The van der Waals surface area contributed by atoms with Gasteiger partial charge in [0.1, 0.15) is 12.9 Å². The second-order valence-electron chi connectivity index (χ2n) is 11.8. The van der Waals surface area contributed by atoms with Crippen molar-refractivity contribution >= 4 is 12.9 Å². The van der Waals surface area contributed by atoms with Gasteiger partial charge in [-0.2, -0.15) is 0 Å². The molecule has 0 aromatic heterocycles. The molecule has 0 N–H and O–H groups in total. The first-order chi connectivity index (χ1) is 13.0. The van der Waals surface area contributed by atoms with Gasteiger partial charge in [-0.15, -0.1) is 0 Å². The van der Waals surface area contributed by atoms with E-state index in [4.69, 9.17) is 0 Å². The summed E-state index contributed by atoms with van der Waals surface area (Å²) in [6, 6.07) is 0. The van der Waals surface area contributed by atoms with Gasteiger partial charge in [-0.1, -0.05) is 26.8 Å². The third kappa shape index (κ3) is 3.40. The second-order valence-corrected chi connectivity index (χ2v) is 14.9. The van der Waals surface area contributed by atoms with Gasteiger partial charge in [0.25, 0.3) is 0 Å². The molecule has 4 fully saturated rings. The Bertz CT molecular complexity index is 705. The molecule has 28 heavy (non-hydrogen) atoms. The lowest BCUT2D eigenvalue weighted by Gasteiger charge is -2.60. The maximum atomic E-state index is 12.2. The third-order valence-corrected chi connectivity index (χ3v) is 10.8. The standard InChI is InChI=1S/C25H41O2P/c1-17(12-15-28(4,5)27)21-8-9-22-20-7-6-18-16-19(26)10-13-24(18,2)23(20)11-14-25(21,22)3/h12,15,17-18,20-23H,6-11,13-14,16H2,1-5H3/b15-12+. The highest BCUT2D eigenvalue weighted by molar-refractivity contribution is 7.65. The maximum absolute atomic E-state index is 12.2. The van der Waals surface area contributed by atoms with Crippen molar-refractivity contribution in [3.05, 3.63) is 11.9 Å². The Morgan fingerprint density at radius 3 is 2.43 bits per heavy atom. The third-order valence-electron chi connectivity index (χ3n) is 9.94. The molecule has 0 amide bonds. The Balaban J connectivity index is 1.54. The number of fused-ring (bicyclic) bond motifs is 5. The SMILES string of the molecule is CC(/C=C/P(C)(C)=O)C1CCC2C3CCC4CC(=O)CCC4(C)C3CCC12C. The van der Waals surface area contributed by atoms with Crippen LogP contribution in [0.1, 0.15) is 78.6 Å². The highest BCUT2D eigenvalue weighted by atomic mass is 31.2. The van der Waals surface area contributed by atoms with E-state index in [0.29, 0.717) is 28.4 Å². The molecule has 0 radical (unpaired) electrons. The molecule has 8 atom stereocenters. The predicted molar refractivity (Wildman–Crippen MR) is 118 cm³/mol. The molecule has 0 heterocycles. The number of hydrogen-bond acceptors (Lipinski definition) is 2. The minimum Gasteiger partial charge on any atom is -0.320 e. The molecule has 4 rings (SSSR count). The zero-order valence-electron chi connectivity index (χ0n) is 18.7. The van der Waals surface area contributed by atoms with Crippen molar-refractivity contribution in [3.63, 3.8) is 0 Å². The van der Waals surface area contributed by atoms with Gasteiger partial charge in [-0.3, -0.25) is 4.79 Å². The summed E-state index contributed by atoms with van der Waals surface area (Å²) in [5.74, 6) is 7.02. The van der Waals surface area contributed by atoms with Crippen molar-refractivity contribution in [3.8, 4) is 0 Å². The number of hydrogen-bond donors (Lipinski definition) is 0. The molecule has 2 nitrogen and oxygen atoms in total. The zero-order valence-corrected chi connectivity index (χ0v) is 19.6. The van der Waals surface area contributed by atoms with E-state index in [1.807, 2.05) is 19.1 Å². The van der Waals surface area contributed by atoms with Crippen LogP contribution in [0.3, 0.4) is 0 Å². The monoisotopic (exact) mass is 404 g/mol. The van der Waals surface area contributed by atoms with Gasteiger partial charge in [0.05, 0.1) is 0 Å². The van der Waals surface area contributed by atoms with Crippen LogP contribution in [-0.2, 0) is 9.36 Å². The summed E-state index contributed by atoms with van der Waals surface area (Å²) in [5, 5.41) is 0. The Labute approximate surface area is 172 Å². The smallest absolute Gasteiger partial charge is 0.133 e. The van der Waals surface area contributed by atoms with Gasteiger partial charge >= 0.3 is 0 Å². The topological polar surface area (TPSA) is 34.1 Å². The minimum atomic E-state index is -2.08. The highest BCUT2D eigenvalue weighted by Gasteiger charge is 2.60. The van der Waals surface area contributed by atoms with Crippen molar-refractivity contribution in [2.45, 2.75) is 78.6 Å². The first kappa shape index (κ1) is 20.9. The van der Waals surface area contributed by atoms with Crippen molar-refractivity contribution in [2.75, 3.05) is 13.3 Å². The van der Waals surface area contributed by atoms with Crippen molar-refractivity contribution in [1.82, 2.24) is 0 Å². The van der Waals surface area contributed by atoms with Gasteiger partial charge in [0.15, 0.2) is 0 Å². The number of ketones is 1. The van der Waals surface area contributed by atoms with Crippen LogP contribution >= 0.6 is 7.14 Å². The fraction of sp³-hybridized carbons (Fsp3) is 0.880. The van der Waals surface area contributed by atoms with E-state index in [2.05, 4.69) is 26.8 Å². The molecule has 8 unspecified atom stereocenters. The number of carbonyl (C=O) groups excluding carboxylic acids is 1. The molecule has 4 aliphatic rings. The fourth-order valence-electron chi connectivity index (χ4n) is 8.43.